The van der Waals surface area contributed by atoms with E-state index in [0.29, 0.717) is 11.3 Å². The Morgan fingerprint density at radius 1 is 1.08 bits per heavy atom. The van der Waals surface area contributed by atoms with Crippen molar-refractivity contribution in [2.24, 2.45) is 28.6 Å². The summed E-state index contributed by atoms with van der Waals surface area (Å²) in [5.41, 5.74) is 5.78. The summed E-state index contributed by atoms with van der Waals surface area (Å²) < 4.78 is 0. The smallest absolute Gasteiger partial charge is 0.127 e. The van der Waals surface area contributed by atoms with E-state index in [4.69, 9.17) is 0 Å². The first-order chi connectivity index (χ1) is 11.9. The quantitative estimate of drug-likeness (QED) is 0.366. The van der Waals surface area contributed by atoms with Crippen LogP contribution < -0.4 is 0 Å². The summed E-state index contributed by atoms with van der Waals surface area (Å²) in [5, 5.41) is 0. The summed E-state index contributed by atoms with van der Waals surface area (Å²) in [6.07, 6.45) is 11.8. The largest absolute Gasteiger partial charge is 0.233 e. The molecule has 0 bridgehead atoms. The Hall–Kier alpha value is -1.33. The van der Waals surface area contributed by atoms with E-state index >= 15 is 0 Å². The van der Waals surface area contributed by atoms with Crippen LogP contribution >= 0.6 is 0 Å². The van der Waals surface area contributed by atoms with E-state index in [1.165, 1.54) is 42.4 Å². The standard InChI is InChI=1S/C22H28O.C2H6/c1-14-11-17-18-6-5-15(2)21(18,3)10-8-19(17)22(4)9-7-16(13-23)12-20(14)22;1-2/h11-12,17-19H,2,5-10H2,1,3-4H3;1-2H3. The van der Waals surface area contributed by atoms with Crippen LogP contribution in [0.15, 0.2) is 41.0 Å². The van der Waals surface area contributed by atoms with Gasteiger partial charge >= 0.3 is 0 Å². The van der Waals surface area contributed by atoms with E-state index in [-0.39, 0.29) is 5.41 Å². The van der Waals surface area contributed by atoms with Gasteiger partial charge in [-0.2, -0.15) is 0 Å². The summed E-state index contributed by atoms with van der Waals surface area (Å²) in [4.78, 5) is 11.1. The van der Waals surface area contributed by atoms with Crippen molar-refractivity contribution in [2.75, 3.05) is 0 Å². The van der Waals surface area contributed by atoms with Gasteiger partial charge in [-0.1, -0.05) is 51.5 Å². The maximum absolute atomic E-state index is 11.1. The number of carbonyl (C=O) groups excluding carboxylic acids is 1. The molecule has 0 N–H and O–H groups in total. The molecule has 25 heavy (non-hydrogen) atoms. The van der Waals surface area contributed by atoms with Crippen LogP contribution in [-0.4, -0.2) is 5.94 Å². The highest BCUT2D eigenvalue weighted by Crippen LogP contribution is 2.65. The van der Waals surface area contributed by atoms with Crippen LogP contribution in [0.25, 0.3) is 0 Å². The second kappa shape index (κ2) is 6.44. The Bertz CT molecular complexity index is 687. The minimum absolute atomic E-state index is 0.245. The third-order valence-corrected chi connectivity index (χ3v) is 7.95. The second-order valence-corrected chi connectivity index (χ2v) is 8.84. The molecule has 4 aliphatic carbocycles. The molecule has 1 nitrogen and oxygen atoms in total. The third-order valence-electron chi connectivity index (χ3n) is 7.95. The highest BCUT2D eigenvalue weighted by Gasteiger charge is 2.56. The van der Waals surface area contributed by atoms with Crippen LogP contribution in [0.5, 0.6) is 0 Å². The lowest BCUT2D eigenvalue weighted by Crippen LogP contribution is -2.48. The van der Waals surface area contributed by atoms with Crippen molar-refractivity contribution >= 4 is 5.94 Å². The average Bonchev–Trinajstić information content (AvgIpc) is 2.92. The van der Waals surface area contributed by atoms with Gasteiger partial charge in [0.15, 0.2) is 0 Å². The van der Waals surface area contributed by atoms with Gasteiger partial charge in [0.2, 0.25) is 0 Å². The van der Waals surface area contributed by atoms with Crippen LogP contribution in [0, 0.1) is 28.6 Å². The molecule has 0 aromatic heterocycles. The molecule has 0 heterocycles. The van der Waals surface area contributed by atoms with Gasteiger partial charge in [0.1, 0.15) is 5.94 Å². The molecular weight excluding hydrogens is 304 g/mol. The van der Waals surface area contributed by atoms with Gasteiger partial charge in [0.05, 0.1) is 0 Å². The van der Waals surface area contributed by atoms with Crippen molar-refractivity contribution < 1.29 is 4.79 Å². The molecule has 0 aliphatic heterocycles. The molecule has 0 aromatic carbocycles. The SMILES string of the molecule is C=C1CCC2C3C=C(C)C4=CC(=C=O)CCC4(C)C3CCC12C.CC. The van der Waals surface area contributed by atoms with Crippen LogP contribution in [0.1, 0.15) is 73.1 Å². The predicted molar refractivity (Wildman–Crippen MR) is 106 cm³/mol. The third kappa shape index (κ3) is 2.55. The number of allylic oxidation sites excluding steroid dienone is 6. The zero-order valence-corrected chi connectivity index (χ0v) is 16.7. The van der Waals surface area contributed by atoms with E-state index in [0.717, 1.165) is 30.3 Å². The summed E-state index contributed by atoms with van der Waals surface area (Å²) in [6, 6.07) is 0. The molecular formula is C24H34O. The lowest BCUT2D eigenvalue weighted by atomic mass is 9.48. The molecule has 136 valence electrons. The molecule has 0 aromatic rings. The summed E-state index contributed by atoms with van der Waals surface area (Å²) >= 11 is 0. The van der Waals surface area contributed by atoms with E-state index in [1.54, 1.807) is 0 Å². The molecule has 0 saturated heterocycles. The summed E-state index contributed by atoms with van der Waals surface area (Å²) in [7, 11) is 0. The van der Waals surface area contributed by atoms with Crippen molar-refractivity contribution in [3.05, 3.63) is 41.0 Å². The summed E-state index contributed by atoms with van der Waals surface area (Å²) in [6.45, 7) is 15.6. The maximum Gasteiger partial charge on any atom is 0.127 e. The molecule has 0 radical (unpaired) electrons. The normalized spacial score (nSPS) is 42.0. The van der Waals surface area contributed by atoms with Gasteiger partial charge in [0, 0.05) is 5.57 Å². The molecule has 4 rings (SSSR count). The fraction of sp³-hybridized carbons (Fsp3) is 0.667. The molecule has 2 saturated carbocycles. The second-order valence-electron chi connectivity index (χ2n) is 8.84. The van der Waals surface area contributed by atoms with Crippen LogP contribution in [0.3, 0.4) is 0 Å². The molecule has 2 fully saturated rings. The van der Waals surface area contributed by atoms with E-state index in [9.17, 15) is 4.79 Å². The fourth-order valence-electron chi connectivity index (χ4n) is 6.43. The zero-order chi connectivity index (χ0) is 18.4. The highest BCUT2D eigenvalue weighted by atomic mass is 16.1. The Kier molecular flexibility index (Phi) is 4.75. The van der Waals surface area contributed by atoms with E-state index in [2.05, 4.69) is 45.4 Å². The highest BCUT2D eigenvalue weighted by molar-refractivity contribution is 5.61. The predicted octanol–water partition coefficient (Wildman–Crippen LogP) is 6.46. The van der Waals surface area contributed by atoms with Crippen molar-refractivity contribution in [1.29, 1.82) is 0 Å². The molecule has 1 heteroatoms. The van der Waals surface area contributed by atoms with Crippen molar-refractivity contribution in [1.82, 2.24) is 0 Å². The van der Waals surface area contributed by atoms with E-state index < -0.39 is 0 Å². The van der Waals surface area contributed by atoms with Crippen molar-refractivity contribution in [3.8, 4) is 0 Å². The first kappa shape index (κ1) is 18.5. The van der Waals surface area contributed by atoms with Crippen LogP contribution in [0.4, 0.5) is 0 Å². The van der Waals surface area contributed by atoms with Crippen molar-refractivity contribution in [3.63, 3.8) is 0 Å². The fourth-order valence-corrected chi connectivity index (χ4v) is 6.43. The minimum atomic E-state index is 0.245. The van der Waals surface area contributed by atoms with Gasteiger partial charge < -0.3 is 0 Å². The summed E-state index contributed by atoms with van der Waals surface area (Å²) in [5.74, 6) is 4.34. The zero-order valence-electron chi connectivity index (χ0n) is 16.7. The first-order valence-corrected chi connectivity index (χ1v) is 10.2. The number of hydrogen-bond donors (Lipinski definition) is 0. The molecule has 5 unspecified atom stereocenters. The van der Waals surface area contributed by atoms with Gasteiger partial charge in [-0.3, -0.25) is 0 Å². The van der Waals surface area contributed by atoms with Crippen LogP contribution in [-0.2, 0) is 4.79 Å². The van der Waals surface area contributed by atoms with Gasteiger partial charge in [0.25, 0.3) is 0 Å². The Balaban J connectivity index is 0.000000880. The van der Waals surface area contributed by atoms with Gasteiger partial charge in [-0.15, -0.1) is 0 Å². The maximum atomic E-state index is 11.1. The Morgan fingerprint density at radius 2 is 1.76 bits per heavy atom. The molecule has 5 atom stereocenters. The number of rotatable bonds is 0. The van der Waals surface area contributed by atoms with Crippen molar-refractivity contribution in [2.45, 2.75) is 73.1 Å². The molecule has 0 spiro atoms. The van der Waals surface area contributed by atoms with Gasteiger partial charge in [-0.05, 0) is 85.7 Å². The van der Waals surface area contributed by atoms with E-state index in [1.807, 2.05) is 13.8 Å². The average molecular weight is 339 g/mol. The number of hydrogen-bond acceptors (Lipinski definition) is 1. The Morgan fingerprint density at radius 3 is 2.44 bits per heavy atom. The first-order valence-electron chi connectivity index (χ1n) is 10.2. The number of fused-ring (bicyclic) bond motifs is 5. The topological polar surface area (TPSA) is 17.1 Å². The lowest BCUT2D eigenvalue weighted by molar-refractivity contribution is 0.0187. The Labute approximate surface area is 154 Å². The molecule has 4 aliphatic rings. The lowest BCUT2D eigenvalue weighted by Gasteiger charge is -2.56. The van der Waals surface area contributed by atoms with Gasteiger partial charge in [-0.25, -0.2) is 4.79 Å². The molecule has 0 amide bonds. The van der Waals surface area contributed by atoms with Crippen LogP contribution in [0.2, 0.25) is 0 Å². The monoisotopic (exact) mass is 338 g/mol. The minimum Gasteiger partial charge on any atom is -0.233 e.